The Morgan fingerprint density at radius 3 is 3.18 bits per heavy atom. The first-order valence-electron chi connectivity index (χ1n) is 3.65. The van der Waals surface area contributed by atoms with Crippen LogP contribution in [0.15, 0.2) is 5.16 Å². The molecule has 0 unspecified atom stereocenters. The zero-order chi connectivity index (χ0) is 7.94. The summed E-state index contributed by atoms with van der Waals surface area (Å²) in [6, 6.07) is 0. The number of aromatic nitrogens is 4. The quantitative estimate of drug-likeness (QED) is 0.540. The number of hydrogen-bond acceptors (Lipinski definition) is 4. The molecule has 0 aliphatic heterocycles. The minimum atomic E-state index is 0.765. The minimum Gasteiger partial charge on any atom is -0.234 e. The van der Waals surface area contributed by atoms with Crippen LogP contribution >= 0.6 is 11.8 Å². The molecule has 0 saturated heterocycles. The van der Waals surface area contributed by atoms with Gasteiger partial charge in [-0.3, -0.25) is 0 Å². The third-order valence-electron chi connectivity index (χ3n) is 1.20. The van der Waals surface area contributed by atoms with Crippen LogP contribution in [0, 0.1) is 5.75 Å². The van der Waals surface area contributed by atoms with Gasteiger partial charge in [-0.2, -0.15) is 0 Å². The molecule has 1 heterocycles. The van der Waals surface area contributed by atoms with E-state index >= 15 is 0 Å². The van der Waals surface area contributed by atoms with Crippen LogP contribution in [-0.4, -0.2) is 20.6 Å². The van der Waals surface area contributed by atoms with Crippen molar-refractivity contribution in [2.75, 3.05) is 0 Å². The van der Waals surface area contributed by atoms with Gasteiger partial charge in [-0.1, -0.05) is 31.5 Å². The zero-order valence-corrected chi connectivity index (χ0v) is 7.27. The van der Waals surface area contributed by atoms with E-state index in [1.54, 1.807) is 11.8 Å². The van der Waals surface area contributed by atoms with Crippen molar-refractivity contribution in [3.63, 3.8) is 0 Å². The third-order valence-corrected chi connectivity index (χ3v) is 1.99. The molecular formula is C6H11N4S. The molecule has 0 saturated carbocycles. The number of tetrazole rings is 1. The molecule has 0 aliphatic carbocycles. The van der Waals surface area contributed by atoms with Gasteiger partial charge >= 0.3 is 0 Å². The normalized spacial score (nSPS) is 10.3. The number of nitrogens with zero attached hydrogens (tertiary/aromatic N) is 3. The SMILES string of the molecule is CCCC[CH]Sc1nnn[nH]1. The summed E-state index contributed by atoms with van der Waals surface area (Å²) < 4.78 is 0. The Morgan fingerprint density at radius 2 is 2.55 bits per heavy atom. The highest BCUT2D eigenvalue weighted by Gasteiger charge is 1.96. The summed E-state index contributed by atoms with van der Waals surface area (Å²) in [7, 11) is 0. The van der Waals surface area contributed by atoms with Gasteiger partial charge in [-0.25, -0.2) is 5.10 Å². The molecule has 1 radical (unpaired) electrons. The smallest absolute Gasteiger partial charge is 0.207 e. The standard InChI is InChI=1S/C6H11N4S/c1-2-3-4-5-11-6-7-9-10-8-6/h5H,2-4H2,1H3,(H,7,8,9,10). The van der Waals surface area contributed by atoms with Crippen LogP contribution in [0.25, 0.3) is 0 Å². The Balaban J connectivity index is 2.04. The molecular weight excluding hydrogens is 160 g/mol. The average molecular weight is 171 g/mol. The van der Waals surface area contributed by atoms with Gasteiger partial charge in [-0.15, -0.1) is 5.10 Å². The summed E-state index contributed by atoms with van der Waals surface area (Å²) in [5, 5.41) is 14.1. The summed E-state index contributed by atoms with van der Waals surface area (Å²) in [5.74, 6) is 2.12. The van der Waals surface area contributed by atoms with Gasteiger partial charge in [0.2, 0.25) is 5.16 Å². The fraction of sp³-hybridized carbons (Fsp3) is 0.667. The van der Waals surface area contributed by atoms with E-state index < -0.39 is 0 Å². The van der Waals surface area contributed by atoms with Crippen LogP contribution in [0.3, 0.4) is 0 Å². The molecule has 0 amide bonds. The van der Waals surface area contributed by atoms with Gasteiger partial charge in [0.25, 0.3) is 0 Å². The van der Waals surface area contributed by atoms with Crippen LogP contribution in [0.2, 0.25) is 0 Å². The fourth-order valence-corrected chi connectivity index (χ4v) is 1.25. The highest BCUT2D eigenvalue weighted by Crippen LogP contribution is 2.17. The number of hydrogen-bond donors (Lipinski definition) is 1. The van der Waals surface area contributed by atoms with E-state index in [0.717, 1.165) is 11.6 Å². The third kappa shape index (κ3) is 3.36. The summed E-state index contributed by atoms with van der Waals surface area (Å²) in [4.78, 5) is 0. The topological polar surface area (TPSA) is 54.5 Å². The van der Waals surface area contributed by atoms with Crippen molar-refractivity contribution in [2.24, 2.45) is 0 Å². The number of unbranched alkanes of at least 4 members (excludes halogenated alkanes) is 2. The van der Waals surface area contributed by atoms with E-state index in [2.05, 4.69) is 33.3 Å². The summed E-state index contributed by atoms with van der Waals surface area (Å²) >= 11 is 1.55. The molecule has 1 rings (SSSR count). The molecule has 0 spiro atoms. The molecule has 0 aromatic carbocycles. The molecule has 61 valence electrons. The first-order valence-corrected chi connectivity index (χ1v) is 4.53. The van der Waals surface area contributed by atoms with Crippen LogP contribution in [0.4, 0.5) is 0 Å². The molecule has 0 fully saturated rings. The maximum atomic E-state index is 3.73. The van der Waals surface area contributed by atoms with E-state index in [1.165, 1.54) is 12.8 Å². The number of H-pyrrole nitrogens is 1. The Kier molecular flexibility index (Phi) is 3.96. The van der Waals surface area contributed by atoms with Crippen molar-refractivity contribution in [3.05, 3.63) is 5.75 Å². The second-order valence-electron chi connectivity index (χ2n) is 2.13. The minimum absolute atomic E-state index is 0.765. The predicted octanol–water partition coefficient (Wildman–Crippen LogP) is 1.64. The summed E-state index contributed by atoms with van der Waals surface area (Å²) in [6.45, 7) is 2.18. The molecule has 1 aromatic heterocycles. The highest BCUT2D eigenvalue weighted by atomic mass is 32.2. The number of thioether (sulfide) groups is 1. The van der Waals surface area contributed by atoms with Crippen LogP contribution in [0.5, 0.6) is 0 Å². The largest absolute Gasteiger partial charge is 0.234 e. The van der Waals surface area contributed by atoms with Crippen LogP contribution in [-0.2, 0) is 0 Å². The van der Waals surface area contributed by atoms with E-state index in [-0.39, 0.29) is 0 Å². The lowest BCUT2D eigenvalue weighted by Gasteiger charge is -1.93. The van der Waals surface area contributed by atoms with Gasteiger partial charge in [0, 0.05) is 5.75 Å². The van der Waals surface area contributed by atoms with E-state index in [4.69, 9.17) is 0 Å². The average Bonchev–Trinajstić information content (AvgIpc) is 2.50. The van der Waals surface area contributed by atoms with Crippen molar-refractivity contribution >= 4 is 11.8 Å². The molecule has 1 N–H and O–H groups in total. The Labute approximate surface area is 70.2 Å². The van der Waals surface area contributed by atoms with Crippen molar-refractivity contribution in [3.8, 4) is 0 Å². The van der Waals surface area contributed by atoms with Gasteiger partial charge in [0.1, 0.15) is 0 Å². The monoisotopic (exact) mass is 171 g/mol. The van der Waals surface area contributed by atoms with E-state index in [0.29, 0.717) is 0 Å². The van der Waals surface area contributed by atoms with E-state index in [1.807, 2.05) is 0 Å². The van der Waals surface area contributed by atoms with Crippen molar-refractivity contribution < 1.29 is 0 Å². The van der Waals surface area contributed by atoms with E-state index in [9.17, 15) is 0 Å². The molecule has 5 heteroatoms. The lowest BCUT2D eigenvalue weighted by atomic mass is 10.3. The second-order valence-corrected chi connectivity index (χ2v) is 3.09. The van der Waals surface area contributed by atoms with Gasteiger partial charge in [0.05, 0.1) is 0 Å². The number of aromatic amines is 1. The molecule has 0 bridgehead atoms. The lowest BCUT2D eigenvalue weighted by molar-refractivity contribution is 0.805. The summed E-state index contributed by atoms with van der Waals surface area (Å²) in [5.41, 5.74) is 0. The van der Waals surface area contributed by atoms with Crippen LogP contribution < -0.4 is 0 Å². The predicted molar refractivity (Wildman–Crippen MR) is 43.9 cm³/mol. The number of rotatable bonds is 5. The Bertz CT molecular complexity index is 175. The van der Waals surface area contributed by atoms with Gasteiger partial charge in [0.15, 0.2) is 0 Å². The highest BCUT2D eigenvalue weighted by molar-refractivity contribution is 8.01. The zero-order valence-electron chi connectivity index (χ0n) is 6.45. The van der Waals surface area contributed by atoms with Crippen molar-refractivity contribution in [1.29, 1.82) is 0 Å². The van der Waals surface area contributed by atoms with Crippen molar-refractivity contribution in [1.82, 2.24) is 20.6 Å². The Hall–Kier alpha value is -0.580. The molecule has 0 atom stereocenters. The molecule has 11 heavy (non-hydrogen) atoms. The van der Waals surface area contributed by atoms with Crippen LogP contribution in [0.1, 0.15) is 26.2 Å². The van der Waals surface area contributed by atoms with Gasteiger partial charge < -0.3 is 0 Å². The molecule has 4 nitrogen and oxygen atoms in total. The number of nitrogens with one attached hydrogen (secondary N) is 1. The lowest BCUT2D eigenvalue weighted by Crippen LogP contribution is -1.76. The van der Waals surface area contributed by atoms with Crippen molar-refractivity contribution in [2.45, 2.75) is 31.3 Å². The molecule has 0 aliphatic rings. The first-order chi connectivity index (χ1) is 5.43. The maximum absolute atomic E-state index is 3.73. The fourth-order valence-electron chi connectivity index (χ4n) is 0.626. The first kappa shape index (κ1) is 8.52. The van der Waals surface area contributed by atoms with Gasteiger partial charge in [-0.05, 0) is 16.8 Å². The Morgan fingerprint density at radius 1 is 1.64 bits per heavy atom. The maximum Gasteiger partial charge on any atom is 0.207 e. The second kappa shape index (κ2) is 5.12. The molecule has 1 aromatic rings. The summed E-state index contributed by atoms with van der Waals surface area (Å²) in [6.07, 6.45) is 3.57.